The largest absolute Gasteiger partial charge is 0.299 e. The van der Waals surface area contributed by atoms with Gasteiger partial charge in [0.2, 0.25) is 0 Å². The third kappa shape index (κ3) is 9.62. The number of hydrogen-bond donors (Lipinski definition) is 0. The summed E-state index contributed by atoms with van der Waals surface area (Å²) >= 11 is 5.38. The van der Waals surface area contributed by atoms with Crippen LogP contribution in [0, 0.1) is 23.7 Å². The zero-order valence-corrected chi connectivity index (χ0v) is 37.8. The molecule has 0 amide bonds. The number of thiophene rings is 3. The van der Waals surface area contributed by atoms with Crippen LogP contribution in [0.25, 0.3) is 53.1 Å². The molecular weight excluding hydrogens is 785 g/mol. The van der Waals surface area contributed by atoms with Crippen LogP contribution < -0.4 is 4.57 Å². The molecule has 0 fully saturated rings. The molecule has 2 nitrogen and oxygen atoms in total. The summed E-state index contributed by atoms with van der Waals surface area (Å²) in [5, 5.41) is 0. The van der Waals surface area contributed by atoms with Gasteiger partial charge in [-0.05, 0) is 115 Å². The van der Waals surface area contributed by atoms with E-state index in [1.165, 1.54) is 116 Å². The molecule has 0 unspecified atom stereocenters. The molecule has 0 saturated heterocycles. The van der Waals surface area contributed by atoms with Crippen LogP contribution in [0.5, 0.6) is 0 Å². The summed E-state index contributed by atoms with van der Waals surface area (Å²) < 4.78 is 4.79. The number of nitrogens with zero attached hydrogens (tertiary/aromatic N) is 2. The summed E-state index contributed by atoms with van der Waals surface area (Å²) in [5.74, 6) is 15.0. The van der Waals surface area contributed by atoms with Crippen molar-refractivity contribution in [1.82, 2.24) is 4.57 Å². The van der Waals surface area contributed by atoms with Crippen molar-refractivity contribution in [3.05, 3.63) is 159 Å². The van der Waals surface area contributed by atoms with Crippen LogP contribution in [0.4, 0.5) is 0 Å². The van der Waals surface area contributed by atoms with E-state index in [9.17, 15) is 0 Å². The predicted octanol–water partition coefficient (Wildman–Crippen LogP) is 14.9. The van der Waals surface area contributed by atoms with Gasteiger partial charge in [0.15, 0.2) is 11.0 Å². The maximum atomic E-state index is 3.48. The van der Waals surface area contributed by atoms with E-state index in [1.807, 2.05) is 11.3 Å². The number of imidazole rings is 1. The SMILES string of the molecule is CCCCCCc1ccc(C#Cc2ccc(-c3ccc(-c4ccc(C#Cc5ccc(CCCCCC)cc5)s4)c4c3n(C)c(-c3ccc(-c5ccccc5)s3)[n+]4C)s2)cc1. The van der Waals surface area contributed by atoms with Gasteiger partial charge in [0.25, 0.3) is 5.82 Å². The van der Waals surface area contributed by atoms with Gasteiger partial charge >= 0.3 is 0 Å². The lowest BCUT2D eigenvalue weighted by Gasteiger charge is -2.04. The molecule has 0 aliphatic heterocycles. The molecule has 5 heteroatoms. The van der Waals surface area contributed by atoms with Crippen molar-refractivity contribution in [2.24, 2.45) is 14.1 Å². The van der Waals surface area contributed by atoms with Gasteiger partial charge in [0.05, 0.1) is 23.8 Å². The fraction of sp³-hybridized carbons (Fsp3) is 0.255. The lowest BCUT2D eigenvalue weighted by molar-refractivity contribution is -0.633. The second-order valence-corrected chi connectivity index (χ2v) is 18.9. The van der Waals surface area contributed by atoms with Crippen molar-refractivity contribution in [2.75, 3.05) is 0 Å². The third-order valence-electron chi connectivity index (χ3n) is 11.3. The summed E-state index contributed by atoms with van der Waals surface area (Å²) in [7, 11) is 4.44. The summed E-state index contributed by atoms with van der Waals surface area (Å²) in [6.07, 6.45) is 12.6. The first-order valence-electron chi connectivity index (χ1n) is 21.6. The van der Waals surface area contributed by atoms with Crippen molar-refractivity contribution in [3.63, 3.8) is 0 Å². The van der Waals surface area contributed by atoms with Crippen molar-refractivity contribution in [1.29, 1.82) is 0 Å². The Kier molecular flexibility index (Phi) is 13.6. The zero-order valence-electron chi connectivity index (χ0n) is 35.3. The highest BCUT2D eigenvalue weighted by Gasteiger charge is 2.29. The first-order chi connectivity index (χ1) is 29.5. The minimum atomic E-state index is 1.06. The molecule has 0 bridgehead atoms. The topological polar surface area (TPSA) is 8.81 Å². The Bertz CT molecular complexity index is 2650. The van der Waals surface area contributed by atoms with Gasteiger partial charge in [0, 0.05) is 36.9 Å². The molecule has 0 aliphatic carbocycles. The maximum absolute atomic E-state index is 3.48. The Morgan fingerprint density at radius 3 is 1.57 bits per heavy atom. The van der Waals surface area contributed by atoms with E-state index in [-0.39, 0.29) is 0 Å². The fourth-order valence-electron chi connectivity index (χ4n) is 8.03. The quantitative estimate of drug-likeness (QED) is 0.0586. The fourth-order valence-corrected chi connectivity index (χ4v) is 10.9. The van der Waals surface area contributed by atoms with Crippen molar-refractivity contribution in [3.8, 4) is 65.7 Å². The number of hydrogen-bond acceptors (Lipinski definition) is 3. The Labute approximate surface area is 369 Å². The van der Waals surface area contributed by atoms with E-state index in [0.717, 1.165) is 33.7 Å². The highest BCUT2D eigenvalue weighted by molar-refractivity contribution is 7.18. The highest BCUT2D eigenvalue weighted by Crippen LogP contribution is 2.42. The highest BCUT2D eigenvalue weighted by atomic mass is 32.1. The van der Waals surface area contributed by atoms with Crippen LogP contribution in [0.3, 0.4) is 0 Å². The standard InChI is InChI=1S/C55H53N2S3/c1-5-7-9-12-16-40-20-24-42(25-21-40)28-30-45-32-36-50(58-45)47-34-35-48(51-37-33-46(59-51)31-29-43-26-22-41(23-27-43)17-13-10-8-6-2)54-53(47)56(3)55(57(54)4)52-39-38-49(60-52)44-18-14-11-15-19-44/h11,14-15,18-27,32-39H,5-10,12-13,16-17H2,1-4H3/q+1. The van der Waals surface area contributed by atoms with Crippen LogP contribution in [0.1, 0.15) is 97.2 Å². The average Bonchev–Trinajstić information content (AvgIpc) is 4.11. The minimum Gasteiger partial charge on any atom is -0.224 e. The Morgan fingerprint density at radius 2 is 1.00 bits per heavy atom. The molecule has 0 aliphatic rings. The van der Waals surface area contributed by atoms with Crippen LogP contribution in [-0.2, 0) is 26.9 Å². The number of fused-ring (bicyclic) bond motifs is 1. The van der Waals surface area contributed by atoms with E-state index >= 15 is 0 Å². The van der Waals surface area contributed by atoms with Gasteiger partial charge in [-0.3, -0.25) is 0 Å². The van der Waals surface area contributed by atoms with Gasteiger partial charge in [-0.1, -0.05) is 131 Å². The van der Waals surface area contributed by atoms with Crippen LogP contribution in [0.2, 0.25) is 0 Å². The van der Waals surface area contributed by atoms with Gasteiger partial charge in [-0.25, -0.2) is 9.13 Å². The molecule has 8 aromatic rings. The van der Waals surface area contributed by atoms with E-state index in [2.05, 4.69) is 188 Å². The number of rotatable bonds is 14. The third-order valence-corrected chi connectivity index (χ3v) is 14.5. The molecule has 0 saturated carbocycles. The number of unbranched alkanes of at least 4 members (excludes halogenated alkanes) is 6. The normalized spacial score (nSPS) is 11.1. The van der Waals surface area contributed by atoms with E-state index in [0.29, 0.717) is 0 Å². The molecule has 4 aromatic heterocycles. The van der Waals surface area contributed by atoms with E-state index in [1.54, 1.807) is 22.7 Å². The molecule has 0 spiro atoms. The molecule has 300 valence electrons. The van der Waals surface area contributed by atoms with Crippen molar-refractivity contribution < 1.29 is 4.57 Å². The Balaban J connectivity index is 1.11. The zero-order chi connectivity index (χ0) is 41.3. The maximum Gasteiger partial charge on any atom is 0.299 e. The average molecular weight is 838 g/mol. The lowest BCUT2D eigenvalue weighted by Crippen LogP contribution is -2.30. The first kappa shape index (κ1) is 41.3. The van der Waals surface area contributed by atoms with Gasteiger partial charge in [0.1, 0.15) is 4.88 Å². The number of aromatic nitrogens is 2. The lowest BCUT2D eigenvalue weighted by atomic mass is 10.0. The Hall–Kier alpha value is -5.43. The summed E-state index contributed by atoms with van der Waals surface area (Å²) in [4.78, 5) is 7.07. The van der Waals surface area contributed by atoms with Crippen LogP contribution in [-0.4, -0.2) is 4.57 Å². The van der Waals surface area contributed by atoms with E-state index < -0.39 is 0 Å². The van der Waals surface area contributed by atoms with E-state index in [4.69, 9.17) is 0 Å². The predicted molar refractivity (Wildman–Crippen MR) is 260 cm³/mol. The Morgan fingerprint density at radius 1 is 0.483 bits per heavy atom. The summed E-state index contributed by atoms with van der Waals surface area (Å²) in [5.41, 5.74) is 11.0. The molecule has 0 atom stereocenters. The second kappa shape index (κ2) is 19.8. The van der Waals surface area contributed by atoms with Crippen molar-refractivity contribution >= 4 is 45.0 Å². The second-order valence-electron chi connectivity index (χ2n) is 15.7. The monoisotopic (exact) mass is 837 g/mol. The van der Waals surface area contributed by atoms with Crippen LogP contribution in [0.15, 0.2) is 127 Å². The summed E-state index contributed by atoms with van der Waals surface area (Å²) in [6.45, 7) is 4.53. The summed E-state index contributed by atoms with van der Waals surface area (Å²) in [6, 6.07) is 46.3. The molecular formula is C55H53N2S3+. The minimum absolute atomic E-state index is 1.06. The molecule has 4 heterocycles. The molecule has 4 aromatic carbocycles. The number of aryl methyl sites for hydroxylation is 4. The van der Waals surface area contributed by atoms with Crippen LogP contribution >= 0.6 is 34.0 Å². The van der Waals surface area contributed by atoms with Gasteiger partial charge in [-0.15, -0.1) is 34.0 Å². The molecule has 60 heavy (non-hydrogen) atoms. The van der Waals surface area contributed by atoms with Gasteiger partial charge in [-0.2, -0.15) is 0 Å². The van der Waals surface area contributed by atoms with Gasteiger partial charge < -0.3 is 0 Å². The molecule has 0 radical (unpaired) electrons. The first-order valence-corrected chi connectivity index (χ1v) is 24.0. The molecule has 8 rings (SSSR count). The smallest absolute Gasteiger partial charge is 0.224 e. The number of benzene rings is 4. The molecule has 0 N–H and O–H groups in total. The van der Waals surface area contributed by atoms with Crippen molar-refractivity contribution in [2.45, 2.75) is 78.1 Å².